The zero-order valence-corrected chi connectivity index (χ0v) is 15.8. The molecule has 0 atom stereocenters. The van der Waals surface area contributed by atoms with Crippen molar-refractivity contribution in [1.82, 2.24) is 4.90 Å². The number of nitrogens with zero attached hydrogens (tertiary/aromatic N) is 1. The third kappa shape index (κ3) is 3.65. The maximum Gasteiger partial charge on any atom is 0.289 e. The Hall–Kier alpha value is -2.89. The van der Waals surface area contributed by atoms with Crippen molar-refractivity contribution in [3.8, 4) is 0 Å². The molecule has 2 heterocycles. The normalized spacial score (nSPS) is 15.0. The molecule has 0 saturated heterocycles. The van der Waals surface area contributed by atoms with E-state index in [2.05, 4.69) is 0 Å². The maximum atomic E-state index is 13.2. The Morgan fingerprint density at radius 1 is 1.26 bits per heavy atom. The van der Waals surface area contributed by atoms with Crippen molar-refractivity contribution in [2.75, 3.05) is 13.6 Å². The molecule has 0 unspecified atom stereocenters. The Bertz CT molecular complexity index is 932. The van der Waals surface area contributed by atoms with E-state index in [9.17, 15) is 19.1 Å². The van der Waals surface area contributed by atoms with E-state index in [4.69, 9.17) is 4.42 Å². The molecule has 3 rings (SSSR count). The first-order chi connectivity index (χ1) is 12.6. The summed E-state index contributed by atoms with van der Waals surface area (Å²) in [5.41, 5.74) is 1.16. The van der Waals surface area contributed by atoms with Gasteiger partial charge < -0.3 is 14.4 Å². The van der Waals surface area contributed by atoms with Crippen LogP contribution in [-0.2, 0) is 16.6 Å². The van der Waals surface area contributed by atoms with Gasteiger partial charge in [0.2, 0.25) is 5.78 Å². The molecule has 0 aliphatic carbocycles. The Morgan fingerprint density at radius 3 is 2.41 bits per heavy atom. The van der Waals surface area contributed by atoms with Gasteiger partial charge in [0.15, 0.2) is 11.5 Å². The lowest BCUT2D eigenvalue weighted by Gasteiger charge is -2.14. The summed E-state index contributed by atoms with van der Waals surface area (Å²) in [7, 11) is 1.51. The zero-order chi connectivity index (χ0) is 19.9. The van der Waals surface area contributed by atoms with Crippen LogP contribution in [0.25, 0.3) is 0 Å². The van der Waals surface area contributed by atoms with E-state index in [1.807, 2.05) is 26.8 Å². The lowest BCUT2D eigenvalue weighted by molar-refractivity contribution is -0.126. The van der Waals surface area contributed by atoms with Crippen LogP contribution in [0.3, 0.4) is 0 Å². The van der Waals surface area contributed by atoms with Crippen LogP contribution >= 0.6 is 0 Å². The lowest BCUT2D eigenvalue weighted by Crippen LogP contribution is -2.22. The minimum Gasteiger partial charge on any atom is -0.503 e. The van der Waals surface area contributed by atoms with E-state index in [-0.39, 0.29) is 29.1 Å². The second-order valence-corrected chi connectivity index (χ2v) is 7.84. The monoisotopic (exact) mass is 371 g/mol. The number of carbonyl (C=O) groups excluding carboxylic acids is 2. The average molecular weight is 371 g/mol. The number of Topliss-reactive ketones (excluding diaryl/α,β-unsaturated/α-hetero) is 1. The number of benzene rings is 1. The number of aliphatic hydroxyl groups is 1. The molecule has 0 bridgehead atoms. The van der Waals surface area contributed by atoms with E-state index in [1.165, 1.54) is 24.1 Å². The van der Waals surface area contributed by atoms with Gasteiger partial charge in [-0.1, -0.05) is 32.9 Å². The fourth-order valence-corrected chi connectivity index (χ4v) is 2.95. The fourth-order valence-electron chi connectivity index (χ4n) is 2.95. The molecule has 0 radical (unpaired) electrons. The number of hydrogen-bond donors (Lipinski definition) is 1. The number of likely N-dealkylation sites (N-methyl/N-ethyl adjacent to an activating group) is 1. The third-order valence-electron chi connectivity index (χ3n) is 4.57. The van der Waals surface area contributed by atoms with Crippen molar-refractivity contribution >= 4 is 11.7 Å². The summed E-state index contributed by atoms with van der Waals surface area (Å²) in [5, 5.41) is 10.0. The van der Waals surface area contributed by atoms with Gasteiger partial charge in [-0.25, -0.2) is 4.39 Å². The van der Waals surface area contributed by atoms with Gasteiger partial charge in [0.05, 0.1) is 12.1 Å². The maximum absolute atomic E-state index is 13.2. The van der Waals surface area contributed by atoms with Gasteiger partial charge in [-0.2, -0.15) is 0 Å². The summed E-state index contributed by atoms with van der Waals surface area (Å²) < 4.78 is 19.0. The number of hydrogen-bond acceptors (Lipinski definition) is 4. The molecule has 27 heavy (non-hydrogen) atoms. The van der Waals surface area contributed by atoms with E-state index >= 15 is 0 Å². The molecule has 142 valence electrons. The Labute approximate surface area is 157 Å². The standard InChI is InChI=1S/C21H22FNO4/c1-21(2,3)16-10-13(9-12-5-7-14(22)8-6-12)19(27-16)17(24)15-11-23(4)20(26)18(15)25/h5-8,10,25H,9,11H2,1-4H3. The number of aliphatic hydroxyl groups excluding tert-OH is 1. The molecule has 2 aromatic rings. The molecule has 1 aliphatic heterocycles. The van der Waals surface area contributed by atoms with Gasteiger partial charge in [-0.15, -0.1) is 0 Å². The van der Waals surface area contributed by atoms with Crippen LogP contribution in [0.1, 0.15) is 48.2 Å². The van der Waals surface area contributed by atoms with Crippen LogP contribution < -0.4 is 0 Å². The SMILES string of the molecule is CN1CC(C(=O)c2oc(C(C)(C)C)cc2Cc2ccc(F)cc2)=C(O)C1=O. The highest BCUT2D eigenvalue weighted by molar-refractivity contribution is 6.14. The quantitative estimate of drug-likeness (QED) is 0.831. The zero-order valence-electron chi connectivity index (χ0n) is 15.8. The van der Waals surface area contributed by atoms with Crippen molar-refractivity contribution in [2.24, 2.45) is 0 Å². The van der Waals surface area contributed by atoms with Crippen LogP contribution in [0.2, 0.25) is 0 Å². The number of halogens is 1. The van der Waals surface area contributed by atoms with Crippen molar-refractivity contribution in [2.45, 2.75) is 32.6 Å². The Kier molecular flexibility index (Phi) is 4.68. The fraction of sp³-hybridized carbons (Fsp3) is 0.333. The summed E-state index contributed by atoms with van der Waals surface area (Å²) >= 11 is 0. The van der Waals surface area contributed by atoms with Gasteiger partial charge in [-0.3, -0.25) is 9.59 Å². The van der Waals surface area contributed by atoms with E-state index in [1.54, 1.807) is 12.1 Å². The molecule has 1 aromatic carbocycles. The second-order valence-electron chi connectivity index (χ2n) is 7.84. The number of rotatable bonds is 4. The molecule has 5 nitrogen and oxygen atoms in total. The molecule has 1 aliphatic rings. The number of furan rings is 1. The van der Waals surface area contributed by atoms with Crippen LogP contribution in [0.4, 0.5) is 4.39 Å². The van der Waals surface area contributed by atoms with Crippen molar-refractivity contribution < 1.29 is 23.5 Å². The van der Waals surface area contributed by atoms with E-state index in [0.717, 1.165) is 5.56 Å². The minimum atomic E-state index is -0.582. The molecule has 1 amide bonds. The summed E-state index contributed by atoms with van der Waals surface area (Å²) in [5.74, 6) is -1.22. The predicted molar refractivity (Wildman–Crippen MR) is 98.2 cm³/mol. The van der Waals surface area contributed by atoms with E-state index in [0.29, 0.717) is 17.7 Å². The van der Waals surface area contributed by atoms with Crippen molar-refractivity contribution in [1.29, 1.82) is 0 Å². The van der Waals surface area contributed by atoms with Crippen LogP contribution in [0, 0.1) is 5.82 Å². The largest absolute Gasteiger partial charge is 0.503 e. The first-order valence-corrected chi connectivity index (χ1v) is 8.68. The van der Waals surface area contributed by atoms with Crippen LogP contribution in [0.5, 0.6) is 0 Å². The molecule has 0 fully saturated rings. The topological polar surface area (TPSA) is 70.8 Å². The molecule has 0 saturated carbocycles. The Morgan fingerprint density at radius 2 is 1.89 bits per heavy atom. The van der Waals surface area contributed by atoms with Crippen LogP contribution in [0.15, 0.2) is 46.1 Å². The summed E-state index contributed by atoms with van der Waals surface area (Å²) in [4.78, 5) is 26.1. The van der Waals surface area contributed by atoms with E-state index < -0.39 is 17.4 Å². The highest BCUT2D eigenvalue weighted by Gasteiger charge is 2.35. The molecule has 1 N–H and O–H groups in total. The van der Waals surface area contributed by atoms with Gasteiger partial charge in [0.1, 0.15) is 11.6 Å². The van der Waals surface area contributed by atoms with Crippen molar-refractivity contribution in [3.05, 3.63) is 70.1 Å². The molecular weight excluding hydrogens is 349 g/mol. The van der Waals surface area contributed by atoms with Crippen molar-refractivity contribution in [3.63, 3.8) is 0 Å². The third-order valence-corrected chi connectivity index (χ3v) is 4.57. The smallest absolute Gasteiger partial charge is 0.289 e. The van der Waals surface area contributed by atoms with Gasteiger partial charge in [0, 0.05) is 24.4 Å². The summed E-state index contributed by atoms with van der Waals surface area (Å²) in [6, 6.07) is 7.84. The molecular formula is C21H22FNO4. The first kappa shape index (κ1) is 18.9. The van der Waals surface area contributed by atoms with Crippen LogP contribution in [-0.4, -0.2) is 35.3 Å². The number of ketones is 1. The highest BCUT2D eigenvalue weighted by atomic mass is 19.1. The molecule has 6 heteroatoms. The van der Waals surface area contributed by atoms with Gasteiger partial charge >= 0.3 is 0 Å². The van der Waals surface area contributed by atoms with Gasteiger partial charge in [-0.05, 0) is 23.8 Å². The average Bonchev–Trinajstić information content (AvgIpc) is 3.13. The van der Waals surface area contributed by atoms with Gasteiger partial charge in [0.25, 0.3) is 5.91 Å². The minimum absolute atomic E-state index is 0.0256. The second kappa shape index (κ2) is 6.68. The summed E-state index contributed by atoms with van der Waals surface area (Å²) in [6.45, 7) is 5.92. The highest BCUT2D eigenvalue weighted by Crippen LogP contribution is 2.31. The molecule has 0 spiro atoms. The predicted octanol–water partition coefficient (Wildman–Crippen LogP) is 3.77. The first-order valence-electron chi connectivity index (χ1n) is 8.68. The lowest BCUT2D eigenvalue weighted by atomic mass is 9.92. The number of carbonyl (C=O) groups is 2. The summed E-state index contributed by atoms with van der Waals surface area (Å²) in [6.07, 6.45) is 0.374. The molecule has 1 aromatic heterocycles. The number of amides is 1. The Balaban J connectivity index is 2.03.